The first-order chi connectivity index (χ1) is 12.2. The summed E-state index contributed by atoms with van der Waals surface area (Å²) in [6.07, 6.45) is -0.101. The van der Waals surface area contributed by atoms with Gasteiger partial charge in [0.05, 0.1) is 0 Å². The molecule has 2 aromatic rings. The van der Waals surface area contributed by atoms with Gasteiger partial charge in [-0.05, 0) is 48.5 Å². The molecule has 2 aliphatic heterocycles. The lowest BCUT2D eigenvalue weighted by atomic mass is 10.1. The molecule has 0 spiro atoms. The maximum absolute atomic E-state index is 8.27. The van der Waals surface area contributed by atoms with E-state index in [1.165, 1.54) is 32.8 Å². The SMILES string of the molecule is [OH2+]C(C[S+]1CC1)c1ccc(Sc2ccc(C([OH2+])C[S+]3CC3)cc2)cc1. The first-order valence-corrected chi connectivity index (χ1v) is 13.0. The molecule has 132 valence electrons. The van der Waals surface area contributed by atoms with Crippen molar-refractivity contribution < 1.29 is 10.2 Å². The zero-order valence-corrected chi connectivity index (χ0v) is 16.7. The minimum absolute atomic E-state index is 0.0506. The Bertz CT molecular complexity index is 632. The summed E-state index contributed by atoms with van der Waals surface area (Å²) >= 11 is 1.76. The molecular weight excluding hydrogens is 368 g/mol. The van der Waals surface area contributed by atoms with Crippen LogP contribution >= 0.6 is 11.8 Å². The van der Waals surface area contributed by atoms with Crippen molar-refractivity contribution in [3.05, 3.63) is 59.7 Å². The molecule has 2 nitrogen and oxygen atoms in total. The standard InChI is InChI=1S/C20H24O2S3/c21-19(13-24-9-10-24)15-1-5-17(6-2-15)23-18-7-3-16(4-8-18)20(22)14-25-11-12-25/h1-8,19-22H,9-14H2/q+2/p+2. The van der Waals surface area contributed by atoms with E-state index in [0.717, 1.165) is 22.6 Å². The fourth-order valence-corrected chi connectivity index (χ4v) is 6.54. The predicted molar refractivity (Wildman–Crippen MR) is 114 cm³/mol. The van der Waals surface area contributed by atoms with E-state index in [1.54, 1.807) is 11.8 Å². The lowest BCUT2D eigenvalue weighted by Gasteiger charge is -2.07. The third kappa shape index (κ3) is 5.20. The largest absolute Gasteiger partial charge is 0.436 e. The van der Waals surface area contributed by atoms with Crippen LogP contribution in [0.15, 0.2) is 58.3 Å². The number of rotatable bonds is 8. The van der Waals surface area contributed by atoms with Crippen LogP contribution in [0.25, 0.3) is 0 Å². The molecule has 0 radical (unpaired) electrons. The van der Waals surface area contributed by atoms with E-state index in [-0.39, 0.29) is 12.2 Å². The molecule has 25 heavy (non-hydrogen) atoms. The quantitative estimate of drug-likeness (QED) is 0.501. The lowest BCUT2D eigenvalue weighted by molar-refractivity contribution is 0.203. The Morgan fingerprint density at radius 2 is 1.04 bits per heavy atom. The van der Waals surface area contributed by atoms with E-state index >= 15 is 0 Å². The van der Waals surface area contributed by atoms with Crippen LogP contribution in [-0.2, 0) is 21.8 Å². The normalized spacial score (nSPS) is 19.6. The highest BCUT2D eigenvalue weighted by atomic mass is 32.2. The highest BCUT2D eigenvalue weighted by Gasteiger charge is 2.39. The predicted octanol–water partition coefficient (Wildman–Crippen LogP) is 2.63. The van der Waals surface area contributed by atoms with Crippen LogP contribution < -0.4 is 0 Å². The summed E-state index contributed by atoms with van der Waals surface area (Å²) in [5.74, 6) is 7.48. The summed E-state index contributed by atoms with van der Waals surface area (Å²) in [5.41, 5.74) is 2.30. The monoisotopic (exact) mass is 394 g/mol. The van der Waals surface area contributed by atoms with Crippen LogP contribution in [0.1, 0.15) is 23.3 Å². The van der Waals surface area contributed by atoms with E-state index in [9.17, 15) is 0 Å². The van der Waals surface area contributed by atoms with Crippen molar-refractivity contribution in [2.45, 2.75) is 22.0 Å². The summed E-state index contributed by atoms with van der Waals surface area (Å²) in [6.45, 7) is 0. The molecule has 2 heterocycles. The Balaban J connectivity index is 1.34. The Kier molecular flexibility index (Phi) is 5.68. The van der Waals surface area contributed by atoms with Gasteiger partial charge in [-0.3, -0.25) is 0 Å². The molecule has 5 heteroatoms. The van der Waals surface area contributed by atoms with E-state index in [0.29, 0.717) is 21.8 Å². The minimum Gasteiger partial charge on any atom is -0.436 e. The van der Waals surface area contributed by atoms with Gasteiger partial charge < -0.3 is 10.2 Å². The van der Waals surface area contributed by atoms with Crippen molar-refractivity contribution in [3.63, 3.8) is 0 Å². The average molecular weight is 395 g/mol. The molecule has 2 unspecified atom stereocenters. The molecule has 0 aromatic heterocycles. The summed E-state index contributed by atoms with van der Waals surface area (Å²) < 4.78 is 0. The molecular formula is C20H26O2S3+4. The maximum atomic E-state index is 8.27. The zero-order valence-electron chi connectivity index (χ0n) is 14.2. The molecule has 2 fully saturated rings. The van der Waals surface area contributed by atoms with Crippen LogP contribution in [0.5, 0.6) is 0 Å². The van der Waals surface area contributed by atoms with Gasteiger partial charge in [0.15, 0.2) is 34.5 Å². The first kappa shape index (κ1) is 17.8. The molecule has 4 N–H and O–H groups in total. The van der Waals surface area contributed by atoms with Gasteiger partial charge >= 0.3 is 0 Å². The molecule has 2 aliphatic rings. The summed E-state index contributed by atoms with van der Waals surface area (Å²) in [7, 11) is 1.11. The topological polar surface area (TPSA) is 45.8 Å². The highest BCUT2D eigenvalue weighted by molar-refractivity contribution is 8.03. The second-order valence-electron chi connectivity index (χ2n) is 6.72. The second-order valence-corrected chi connectivity index (χ2v) is 12.6. The molecule has 0 amide bonds. The van der Waals surface area contributed by atoms with E-state index < -0.39 is 0 Å². The molecule has 2 atom stereocenters. The summed E-state index contributed by atoms with van der Waals surface area (Å²) in [4.78, 5) is 2.44. The fraction of sp³-hybridized carbons (Fsp3) is 0.400. The van der Waals surface area contributed by atoms with Gasteiger partial charge in [-0.25, -0.2) is 0 Å². The van der Waals surface area contributed by atoms with Gasteiger partial charge in [0.1, 0.15) is 0 Å². The van der Waals surface area contributed by atoms with Crippen LogP contribution in [0.3, 0.4) is 0 Å². The smallest absolute Gasteiger partial charge is 0.225 e. The van der Waals surface area contributed by atoms with Crippen molar-refractivity contribution in [2.24, 2.45) is 0 Å². The van der Waals surface area contributed by atoms with Crippen LogP contribution in [0.4, 0.5) is 0 Å². The number of hydrogen-bond acceptors (Lipinski definition) is 1. The second kappa shape index (κ2) is 7.97. The maximum Gasteiger partial charge on any atom is 0.225 e. The Labute approximate surface area is 159 Å². The summed E-state index contributed by atoms with van der Waals surface area (Å²) in [6, 6.07) is 17.1. The van der Waals surface area contributed by atoms with Crippen LogP contribution in [0, 0.1) is 0 Å². The molecule has 2 saturated heterocycles. The van der Waals surface area contributed by atoms with E-state index in [4.69, 9.17) is 10.2 Å². The van der Waals surface area contributed by atoms with E-state index in [2.05, 4.69) is 48.5 Å². The van der Waals surface area contributed by atoms with Crippen molar-refractivity contribution in [3.8, 4) is 0 Å². The van der Waals surface area contributed by atoms with Gasteiger partial charge in [0, 0.05) is 42.7 Å². The van der Waals surface area contributed by atoms with Crippen molar-refractivity contribution >= 4 is 33.6 Å². The van der Waals surface area contributed by atoms with Crippen molar-refractivity contribution in [2.75, 3.05) is 34.5 Å². The van der Waals surface area contributed by atoms with Crippen molar-refractivity contribution in [1.82, 2.24) is 0 Å². The van der Waals surface area contributed by atoms with E-state index in [1.807, 2.05) is 0 Å². The first-order valence-electron chi connectivity index (χ1n) is 8.75. The minimum atomic E-state index is -0.0506. The molecule has 0 aliphatic carbocycles. The highest BCUT2D eigenvalue weighted by Crippen LogP contribution is 2.31. The van der Waals surface area contributed by atoms with Gasteiger partial charge in [-0.2, -0.15) is 0 Å². The van der Waals surface area contributed by atoms with Crippen LogP contribution in [-0.4, -0.2) is 44.7 Å². The molecule has 0 saturated carbocycles. The van der Waals surface area contributed by atoms with Crippen molar-refractivity contribution in [1.29, 1.82) is 0 Å². The fourth-order valence-electron chi connectivity index (χ4n) is 2.79. The van der Waals surface area contributed by atoms with Gasteiger partial charge in [0.2, 0.25) is 12.2 Å². The average Bonchev–Trinajstić information content (AvgIpc) is 3.53. The van der Waals surface area contributed by atoms with Gasteiger partial charge in [-0.15, -0.1) is 0 Å². The Morgan fingerprint density at radius 1 is 0.680 bits per heavy atom. The Morgan fingerprint density at radius 3 is 1.36 bits per heavy atom. The molecule has 4 rings (SSSR count). The summed E-state index contributed by atoms with van der Waals surface area (Å²) in [5, 5.41) is 16.5. The number of benzene rings is 2. The number of hydrogen-bond donors (Lipinski definition) is 0. The van der Waals surface area contributed by atoms with Gasteiger partial charge in [-0.1, -0.05) is 11.8 Å². The zero-order chi connectivity index (χ0) is 17.2. The molecule has 0 bridgehead atoms. The molecule has 2 aromatic carbocycles. The van der Waals surface area contributed by atoms with Gasteiger partial charge in [0.25, 0.3) is 0 Å². The lowest BCUT2D eigenvalue weighted by Crippen LogP contribution is -2.05. The van der Waals surface area contributed by atoms with Crippen LogP contribution in [0.2, 0.25) is 0 Å². The third-order valence-electron chi connectivity index (χ3n) is 4.59. The Hall–Kier alpha value is -0.590. The third-order valence-corrected chi connectivity index (χ3v) is 9.19.